The molecule has 0 saturated heterocycles. The molecule has 1 N–H and O–H groups in total. The summed E-state index contributed by atoms with van der Waals surface area (Å²) in [5.41, 5.74) is 4.03. The molecule has 3 heteroatoms. The lowest BCUT2D eigenvalue weighted by Crippen LogP contribution is -2.49. The Bertz CT molecular complexity index is 559. The van der Waals surface area contributed by atoms with E-state index in [2.05, 4.69) is 50.9 Å². The topological polar surface area (TPSA) is 15.3 Å². The van der Waals surface area contributed by atoms with Crippen molar-refractivity contribution in [3.8, 4) is 0 Å². The molecule has 1 aliphatic rings. The van der Waals surface area contributed by atoms with Crippen LogP contribution in [0.4, 0.5) is 10.1 Å². The van der Waals surface area contributed by atoms with Crippen molar-refractivity contribution < 1.29 is 4.39 Å². The molecule has 2 rings (SSSR count). The Balaban J connectivity index is 2.55. The van der Waals surface area contributed by atoms with Crippen molar-refractivity contribution >= 4 is 11.3 Å². The van der Waals surface area contributed by atoms with Crippen LogP contribution in [-0.4, -0.2) is 18.1 Å². The minimum Gasteiger partial charge on any atom is -0.360 e. The monoisotopic (exact) mass is 290 g/mol. The fraction of sp³-hybridized carbons (Fsp3) is 0.556. The van der Waals surface area contributed by atoms with Crippen LogP contribution in [-0.2, 0) is 6.54 Å². The lowest BCUT2D eigenvalue weighted by Gasteiger charge is -2.46. The fourth-order valence-corrected chi connectivity index (χ4v) is 3.45. The zero-order valence-electron chi connectivity index (χ0n) is 14.0. The molecule has 21 heavy (non-hydrogen) atoms. The first-order valence-electron chi connectivity index (χ1n) is 7.80. The molecule has 0 bridgehead atoms. The second kappa shape index (κ2) is 5.80. The van der Waals surface area contributed by atoms with E-state index >= 15 is 0 Å². The summed E-state index contributed by atoms with van der Waals surface area (Å²) in [4.78, 5) is 2.30. The predicted molar refractivity (Wildman–Crippen MR) is 89.1 cm³/mol. The number of benzene rings is 1. The second-order valence-corrected chi connectivity index (χ2v) is 6.69. The van der Waals surface area contributed by atoms with Crippen LogP contribution < -0.4 is 10.2 Å². The molecule has 0 saturated carbocycles. The van der Waals surface area contributed by atoms with E-state index in [9.17, 15) is 4.39 Å². The summed E-state index contributed by atoms with van der Waals surface area (Å²) in [5, 5.41) is 3.20. The Labute approximate surface area is 128 Å². The Morgan fingerprint density at radius 2 is 1.95 bits per heavy atom. The third-order valence-electron chi connectivity index (χ3n) is 4.12. The van der Waals surface area contributed by atoms with Gasteiger partial charge in [0.25, 0.3) is 0 Å². The minimum absolute atomic E-state index is 0.0964. The van der Waals surface area contributed by atoms with Gasteiger partial charge in [-0.05, 0) is 58.9 Å². The van der Waals surface area contributed by atoms with E-state index < -0.39 is 0 Å². The summed E-state index contributed by atoms with van der Waals surface area (Å²) in [6, 6.07) is 4.03. The van der Waals surface area contributed by atoms with E-state index in [0.717, 1.165) is 23.4 Å². The Hall–Kier alpha value is -1.35. The van der Waals surface area contributed by atoms with Crippen LogP contribution in [0.15, 0.2) is 18.2 Å². The van der Waals surface area contributed by atoms with Gasteiger partial charge in [-0.15, -0.1) is 0 Å². The number of anilines is 1. The van der Waals surface area contributed by atoms with Gasteiger partial charge in [0.2, 0.25) is 0 Å². The van der Waals surface area contributed by atoms with Crippen LogP contribution in [0, 0.1) is 5.82 Å². The van der Waals surface area contributed by atoms with Gasteiger partial charge >= 0.3 is 0 Å². The first-order valence-corrected chi connectivity index (χ1v) is 7.80. The van der Waals surface area contributed by atoms with Gasteiger partial charge in [-0.2, -0.15) is 0 Å². The molecule has 2 nitrogen and oxygen atoms in total. The Kier molecular flexibility index (Phi) is 4.43. The average molecular weight is 290 g/mol. The van der Waals surface area contributed by atoms with Crippen molar-refractivity contribution in [2.24, 2.45) is 0 Å². The molecule has 0 fully saturated rings. The number of rotatable bonds is 4. The predicted octanol–water partition coefficient (Wildman–Crippen LogP) is 4.35. The molecule has 0 radical (unpaired) electrons. The molecular formula is C18H27FN2. The number of nitrogens with one attached hydrogen (secondary N) is 1. The number of hydrogen-bond acceptors (Lipinski definition) is 2. The smallest absolute Gasteiger partial charge is 0.129 e. The van der Waals surface area contributed by atoms with E-state index in [1.54, 1.807) is 6.07 Å². The molecule has 116 valence electrons. The highest BCUT2D eigenvalue weighted by Gasteiger charge is 2.33. The van der Waals surface area contributed by atoms with Gasteiger partial charge in [0, 0.05) is 29.4 Å². The number of hydrogen-bond donors (Lipinski definition) is 1. The molecular weight excluding hydrogens is 263 g/mol. The zero-order valence-corrected chi connectivity index (χ0v) is 14.0. The lowest BCUT2D eigenvalue weighted by atomic mass is 9.86. The van der Waals surface area contributed by atoms with Crippen LogP contribution >= 0.6 is 0 Å². The largest absolute Gasteiger partial charge is 0.360 e. The normalized spacial score (nSPS) is 17.0. The number of halogens is 1. The highest BCUT2D eigenvalue weighted by molar-refractivity contribution is 5.81. The highest BCUT2D eigenvalue weighted by atomic mass is 19.1. The van der Waals surface area contributed by atoms with Gasteiger partial charge in [0.15, 0.2) is 0 Å². The quantitative estimate of drug-likeness (QED) is 0.887. The minimum atomic E-state index is -0.120. The molecule has 1 aromatic carbocycles. The Morgan fingerprint density at radius 1 is 1.29 bits per heavy atom. The van der Waals surface area contributed by atoms with Crippen molar-refractivity contribution in [1.82, 2.24) is 5.32 Å². The van der Waals surface area contributed by atoms with E-state index in [1.165, 1.54) is 5.57 Å². The van der Waals surface area contributed by atoms with Crippen molar-refractivity contribution in [3.05, 3.63) is 35.2 Å². The maximum Gasteiger partial charge on any atom is 0.129 e. The first kappa shape index (κ1) is 16.0. The SMILES string of the molecule is CCNCc1cc2c(cc1F)N(C(C)C)C(C)(C)C=C2C. The summed E-state index contributed by atoms with van der Waals surface area (Å²) >= 11 is 0. The molecule has 1 aliphatic heterocycles. The summed E-state index contributed by atoms with van der Waals surface area (Å²) in [6.07, 6.45) is 2.28. The van der Waals surface area contributed by atoms with Gasteiger partial charge in [0.05, 0.1) is 5.54 Å². The van der Waals surface area contributed by atoms with Gasteiger partial charge in [0.1, 0.15) is 5.82 Å². The molecule has 0 aromatic heterocycles. The zero-order chi connectivity index (χ0) is 15.8. The molecule has 0 aliphatic carbocycles. The molecule has 0 unspecified atom stereocenters. The van der Waals surface area contributed by atoms with Crippen molar-refractivity contribution in [2.75, 3.05) is 11.4 Å². The van der Waals surface area contributed by atoms with Crippen molar-refractivity contribution in [1.29, 1.82) is 0 Å². The summed E-state index contributed by atoms with van der Waals surface area (Å²) < 4.78 is 14.4. The van der Waals surface area contributed by atoms with Crippen molar-refractivity contribution in [3.63, 3.8) is 0 Å². The summed E-state index contributed by atoms with van der Waals surface area (Å²) in [5.74, 6) is -0.120. The van der Waals surface area contributed by atoms with Crippen LogP contribution in [0.1, 0.15) is 52.7 Å². The number of fused-ring (bicyclic) bond motifs is 1. The molecule has 1 aromatic rings. The number of nitrogens with zero attached hydrogens (tertiary/aromatic N) is 1. The fourth-order valence-electron chi connectivity index (χ4n) is 3.45. The van der Waals surface area contributed by atoms with E-state index in [1.807, 2.05) is 13.0 Å². The summed E-state index contributed by atoms with van der Waals surface area (Å²) in [6.45, 7) is 14.3. The highest BCUT2D eigenvalue weighted by Crippen LogP contribution is 2.41. The lowest BCUT2D eigenvalue weighted by molar-refractivity contribution is 0.504. The second-order valence-electron chi connectivity index (χ2n) is 6.69. The van der Waals surface area contributed by atoms with Crippen LogP contribution in [0.2, 0.25) is 0 Å². The first-order chi connectivity index (χ1) is 9.77. The van der Waals surface area contributed by atoms with Crippen LogP contribution in [0.25, 0.3) is 5.57 Å². The molecule has 0 atom stereocenters. The van der Waals surface area contributed by atoms with Gasteiger partial charge in [-0.25, -0.2) is 4.39 Å². The van der Waals surface area contributed by atoms with E-state index in [-0.39, 0.29) is 11.4 Å². The van der Waals surface area contributed by atoms with Crippen LogP contribution in [0.3, 0.4) is 0 Å². The maximum atomic E-state index is 14.4. The number of allylic oxidation sites excluding steroid dienone is 1. The van der Waals surface area contributed by atoms with Gasteiger partial charge in [-0.1, -0.05) is 13.0 Å². The summed E-state index contributed by atoms with van der Waals surface area (Å²) in [7, 11) is 0. The molecule has 0 amide bonds. The average Bonchev–Trinajstić information content (AvgIpc) is 2.35. The third-order valence-corrected chi connectivity index (χ3v) is 4.12. The van der Waals surface area contributed by atoms with E-state index in [0.29, 0.717) is 12.6 Å². The standard InChI is InChI=1S/C18H27FN2/c1-7-20-11-14-8-15-13(4)10-18(5,6)21(12(2)3)17(15)9-16(14)19/h8-10,12,20H,7,11H2,1-6H3. The van der Waals surface area contributed by atoms with Crippen LogP contribution in [0.5, 0.6) is 0 Å². The van der Waals surface area contributed by atoms with Gasteiger partial charge in [-0.3, -0.25) is 0 Å². The Morgan fingerprint density at radius 3 is 2.52 bits per heavy atom. The molecule has 0 spiro atoms. The molecule has 1 heterocycles. The maximum absolute atomic E-state index is 14.4. The van der Waals surface area contributed by atoms with Crippen molar-refractivity contribution in [2.45, 2.75) is 59.7 Å². The third kappa shape index (κ3) is 2.98. The van der Waals surface area contributed by atoms with Gasteiger partial charge < -0.3 is 10.2 Å². The van der Waals surface area contributed by atoms with E-state index in [4.69, 9.17) is 0 Å².